The van der Waals surface area contributed by atoms with Gasteiger partial charge in [-0.2, -0.15) is 0 Å². The van der Waals surface area contributed by atoms with Crippen molar-refractivity contribution < 1.29 is 23.7 Å². The van der Waals surface area contributed by atoms with Gasteiger partial charge in [-0.05, 0) is 29.7 Å². The number of ether oxygens (including phenoxy) is 4. The largest absolute Gasteiger partial charge is 0.497 e. The van der Waals surface area contributed by atoms with Crippen molar-refractivity contribution in [3.8, 4) is 5.75 Å². The monoisotopic (exact) mass is 372 g/mol. The number of carbonyl (C=O) groups excluding carboxylic acids is 1. The number of aldehydes is 1. The maximum atomic E-state index is 11.1. The van der Waals surface area contributed by atoms with E-state index < -0.39 is 0 Å². The van der Waals surface area contributed by atoms with Gasteiger partial charge in [-0.3, -0.25) is 0 Å². The fourth-order valence-electron chi connectivity index (χ4n) is 2.57. The first-order valence-electron chi connectivity index (χ1n) is 9.12. The maximum Gasteiger partial charge on any atom is 0.147 e. The molecule has 0 aromatic heterocycles. The van der Waals surface area contributed by atoms with Gasteiger partial charge in [-0.25, -0.2) is 0 Å². The summed E-state index contributed by atoms with van der Waals surface area (Å²) in [5, 5.41) is 0. The molecule has 27 heavy (non-hydrogen) atoms. The number of hydrogen-bond donors (Lipinski definition) is 0. The van der Waals surface area contributed by atoms with Crippen molar-refractivity contribution in [1.29, 1.82) is 0 Å². The first-order valence-corrected chi connectivity index (χ1v) is 9.12. The molecule has 0 heterocycles. The van der Waals surface area contributed by atoms with Gasteiger partial charge in [0.2, 0.25) is 0 Å². The van der Waals surface area contributed by atoms with E-state index >= 15 is 0 Å². The van der Waals surface area contributed by atoms with Crippen LogP contribution >= 0.6 is 0 Å². The average molecular weight is 372 g/mol. The molecule has 0 aliphatic rings. The van der Waals surface area contributed by atoms with Crippen LogP contribution in [0.1, 0.15) is 24.5 Å². The second-order valence-electron chi connectivity index (χ2n) is 6.34. The summed E-state index contributed by atoms with van der Waals surface area (Å²) in [5.41, 5.74) is 2.16. The third kappa shape index (κ3) is 7.91. The van der Waals surface area contributed by atoms with Crippen molar-refractivity contribution >= 4 is 6.29 Å². The van der Waals surface area contributed by atoms with Crippen LogP contribution in [-0.2, 0) is 32.2 Å². The maximum absolute atomic E-state index is 11.1. The van der Waals surface area contributed by atoms with Gasteiger partial charge in [0, 0.05) is 12.5 Å². The molecule has 0 bridgehead atoms. The Morgan fingerprint density at radius 1 is 0.926 bits per heavy atom. The van der Waals surface area contributed by atoms with Gasteiger partial charge in [-0.1, -0.05) is 49.4 Å². The van der Waals surface area contributed by atoms with Gasteiger partial charge in [0.05, 0.1) is 26.4 Å². The van der Waals surface area contributed by atoms with Crippen LogP contribution in [0.15, 0.2) is 54.6 Å². The van der Waals surface area contributed by atoms with Gasteiger partial charge in [0.15, 0.2) is 0 Å². The molecule has 5 nitrogen and oxygen atoms in total. The minimum Gasteiger partial charge on any atom is -0.497 e. The van der Waals surface area contributed by atoms with Crippen molar-refractivity contribution in [1.82, 2.24) is 0 Å². The van der Waals surface area contributed by atoms with Crippen LogP contribution in [0.25, 0.3) is 0 Å². The number of methoxy groups -OCH3 is 1. The first-order chi connectivity index (χ1) is 13.2. The van der Waals surface area contributed by atoms with E-state index in [2.05, 4.69) is 0 Å². The standard InChI is InChI=1S/C22H28O5/c1-18(14-23)22(27-17-26-16-19-6-4-3-5-7-19)12-13-25-15-20-8-10-21(24-2)11-9-20/h3-11,14,18,22H,12-13,15-17H2,1-2H3/t18-,22-/m0/s1. The molecule has 5 heteroatoms. The van der Waals surface area contributed by atoms with Crippen molar-refractivity contribution in [3.63, 3.8) is 0 Å². The van der Waals surface area contributed by atoms with Crippen molar-refractivity contribution in [3.05, 3.63) is 65.7 Å². The summed E-state index contributed by atoms with van der Waals surface area (Å²) in [4.78, 5) is 11.1. The zero-order chi connectivity index (χ0) is 19.3. The van der Waals surface area contributed by atoms with E-state index in [0.29, 0.717) is 26.2 Å². The first kappa shape index (κ1) is 21.1. The molecule has 0 saturated carbocycles. The zero-order valence-electron chi connectivity index (χ0n) is 16.0. The lowest BCUT2D eigenvalue weighted by Crippen LogP contribution is -2.26. The molecular weight excluding hydrogens is 344 g/mol. The number of benzene rings is 2. The third-order valence-electron chi connectivity index (χ3n) is 4.25. The minimum absolute atomic E-state index is 0.149. The Bertz CT molecular complexity index is 642. The van der Waals surface area contributed by atoms with Gasteiger partial charge >= 0.3 is 0 Å². The predicted octanol–water partition coefficient (Wildman–Crippen LogP) is 4.00. The van der Waals surface area contributed by atoms with Crippen LogP contribution in [0.3, 0.4) is 0 Å². The summed E-state index contributed by atoms with van der Waals surface area (Å²) in [6.45, 7) is 3.50. The van der Waals surface area contributed by atoms with Crippen molar-refractivity contribution in [2.75, 3.05) is 20.5 Å². The van der Waals surface area contributed by atoms with E-state index in [1.165, 1.54) is 0 Å². The number of hydrogen-bond acceptors (Lipinski definition) is 5. The van der Waals surface area contributed by atoms with E-state index in [1.807, 2.05) is 61.5 Å². The molecule has 0 aliphatic carbocycles. The molecule has 0 N–H and O–H groups in total. The second-order valence-corrected chi connectivity index (χ2v) is 6.34. The van der Waals surface area contributed by atoms with Gasteiger partial charge in [0.1, 0.15) is 18.8 Å². The predicted molar refractivity (Wildman–Crippen MR) is 103 cm³/mol. The van der Waals surface area contributed by atoms with Crippen LogP contribution in [0.4, 0.5) is 0 Å². The molecule has 2 aromatic rings. The van der Waals surface area contributed by atoms with Gasteiger partial charge < -0.3 is 23.7 Å². The minimum atomic E-state index is -0.228. The molecule has 2 aromatic carbocycles. The lowest BCUT2D eigenvalue weighted by atomic mass is 10.0. The van der Waals surface area contributed by atoms with E-state index in [4.69, 9.17) is 18.9 Å². The molecular formula is C22H28O5. The highest BCUT2D eigenvalue weighted by molar-refractivity contribution is 5.53. The molecule has 0 radical (unpaired) electrons. The number of rotatable bonds is 13. The summed E-state index contributed by atoms with van der Waals surface area (Å²) in [6, 6.07) is 17.7. The third-order valence-corrected chi connectivity index (χ3v) is 4.25. The lowest BCUT2D eigenvalue weighted by Gasteiger charge is -2.20. The Morgan fingerprint density at radius 3 is 2.26 bits per heavy atom. The van der Waals surface area contributed by atoms with E-state index in [1.54, 1.807) is 7.11 Å². The summed E-state index contributed by atoms with van der Waals surface area (Å²) >= 11 is 0. The van der Waals surface area contributed by atoms with E-state index in [0.717, 1.165) is 23.2 Å². The van der Waals surface area contributed by atoms with Crippen LogP contribution in [0.5, 0.6) is 5.75 Å². The molecule has 0 aliphatic heterocycles. The average Bonchev–Trinajstić information content (AvgIpc) is 2.73. The van der Waals surface area contributed by atoms with Crippen LogP contribution in [0.2, 0.25) is 0 Å². The summed E-state index contributed by atoms with van der Waals surface area (Å²) in [5.74, 6) is 0.609. The van der Waals surface area contributed by atoms with E-state index in [-0.39, 0.29) is 18.8 Å². The topological polar surface area (TPSA) is 54.0 Å². The van der Waals surface area contributed by atoms with E-state index in [9.17, 15) is 4.79 Å². The Labute approximate surface area is 161 Å². The van der Waals surface area contributed by atoms with Crippen molar-refractivity contribution in [2.24, 2.45) is 5.92 Å². The van der Waals surface area contributed by atoms with Gasteiger partial charge in [-0.15, -0.1) is 0 Å². The van der Waals surface area contributed by atoms with Gasteiger partial charge in [0.25, 0.3) is 0 Å². The highest BCUT2D eigenvalue weighted by Crippen LogP contribution is 2.14. The van der Waals surface area contributed by atoms with Crippen LogP contribution in [0, 0.1) is 5.92 Å². The SMILES string of the molecule is COc1ccc(COCC[C@H](OCOCc2ccccc2)[C@@H](C)C=O)cc1. The summed E-state index contributed by atoms with van der Waals surface area (Å²) < 4.78 is 22.2. The van der Waals surface area contributed by atoms with Crippen molar-refractivity contribution in [2.45, 2.75) is 32.7 Å². The summed E-state index contributed by atoms with van der Waals surface area (Å²) in [7, 11) is 1.64. The fraction of sp³-hybridized carbons (Fsp3) is 0.409. The summed E-state index contributed by atoms with van der Waals surface area (Å²) in [6.07, 6.45) is 1.31. The highest BCUT2D eigenvalue weighted by Gasteiger charge is 2.17. The normalized spacial score (nSPS) is 13.1. The Morgan fingerprint density at radius 2 is 1.59 bits per heavy atom. The highest BCUT2D eigenvalue weighted by atomic mass is 16.7. The Hall–Kier alpha value is -2.21. The van der Waals surface area contributed by atoms with Crippen LogP contribution in [-0.4, -0.2) is 32.9 Å². The molecule has 0 spiro atoms. The lowest BCUT2D eigenvalue weighted by molar-refractivity contribution is -0.131. The quantitative estimate of drug-likeness (QED) is 0.302. The number of carbonyl (C=O) groups is 1. The fourth-order valence-corrected chi connectivity index (χ4v) is 2.57. The molecule has 0 amide bonds. The Balaban J connectivity index is 1.67. The second kappa shape index (κ2) is 12.2. The molecule has 0 unspecified atom stereocenters. The molecule has 0 saturated heterocycles. The molecule has 146 valence electrons. The smallest absolute Gasteiger partial charge is 0.147 e. The Kier molecular flexibility index (Phi) is 9.55. The molecule has 0 fully saturated rings. The molecule has 2 rings (SSSR count). The zero-order valence-corrected chi connectivity index (χ0v) is 16.0. The molecule has 2 atom stereocenters. The van der Waals surface area contributed by atoms with Crippen LogP contribution < -0.4 is 4.74 Å².